The van der Waals surface area contributed by atoms with Crippen molar-refractivity contribution in [1.29, 1.82) is 0 Å². The van der Waals surface area contributed by atoms with Gasteiger partial charge in [0, 0.05) is 11.0 Å². The van der Waals surface area contributed by atoms with Gasteiger partial charge in [-0.15, -0.1) is 0 Å². The Kier molecular flexibility index (Phi) is 7.62. The second-order valence-electron chi connectivity index (χ2n) is 3.79. The molecule has 18 heavy (non-hydrogen) atoms. The quantitative estimate of drug-likeness (QED) is 0.633. The Balaban J connectivity index is 2.16. The number of aliphatic hydroxyl groups excluding tert-OH is 2. The van der Waals surface area contributed by atoms with Crippen molar-refractivity contribution in [2.24, 2.45) is 0 Å². The molecular formula is C12H17BrClNO3. The van der Waals surface area contributed by atoms with Crippen molar-refractivity contribution in [3.05, 3.63) is 27.7 Å². The molecule has 0 spiro atoms. The number of benzene rings is 1. The van der Waals surface area contributed by atoms with Gasteiger partial charge in [0.2, 0.25) is 0 Å². The van der Waals surface area contributed by atoms with Crippen molar-refractivity contribution in [2.45, 2.75) is 12.5 Å². The summed E-state index contributed by atoms with van der Waals surface area (Å²) in [5.74, 6) is 0.654. The first-order valence-corrected chi connectivity index (χ1v) is 6.88. The highest BCUT2D eigenvalue weighted by Gasteiger charge is 2.04. The van der Waals surface area contributed by atoms with Gasteiger partial charge in [-0.1, -0.05) is 17.7 Å². The topological polar surface area (TPSA) is 61.7 Å². The van der Waals surface area contributed by atoms with Crippen molar-refractivity contribution >= 4 is 27.5 Å². The van der Waals surface area contributed by atoms with E-state index in [0.29, 0.717) is 30.5 Å². The Bertz CT molecular complexity index is 365. The maximum absolute atomic E-state index is 9.09. The molecule has 1 rings (SSSR count). The summed E-state index contributed by atoms with van der Waals surface area (Å²) >= 11 is 9.37. The molecule has 4 nitrogen and oxygen atoms in total. The standard InChI is InChI=1S/C12H17BrClNO3/c13-10-3-1-4-11(12(10)14)18-6-2-5-15-7-9(17)8-16/h1,3-4,9,15-17H,2,5-8H2/t9-/m0/s1. The predicted octanol–water partition coefficient (Wildman–Crippen LogP) is 1.81. The zero-order valence-electron chi connectivity index (χ0n) is 9.90. The number of nitrogens with one attached hydrogen (secondary N) is 1. The zero-order valence-corrected chi connectivity index (χ0v) is 12.2. The van der Waals surface area contributed by atoms with Crippen LogP contribution in [0, 0.1) is 0 Å². The van der Waals surface area contributed by atoms with E-state index in [4.69, 9.17) is 26.6 Å². The largest absolute Gasteiger partial charge is 0.492 e. The third-order valence-electron chi connectivity index (χ3n) is 2.26. The molecule has 102 valence electrons. The number of aliphatic hydroxyl groups is 2. The highest BCUT2D eigenvalue weighted by atomic mass is 79.9. The maximum atomic E-state index is 9.09. The number of rotatable bonds is 8. The van der Waals surface area contributed by atoms with Crippen LogP contribution in [0.15, 0.2) is 22.7 Å². The van der Waals surface area contributed by atoms with Gasteiger partial charge >= 0.3 is 0 Å². The molecule has 0 aliphatic carbocycles. The smallest absolute Gasteiger partial charge is 0.139 e. The van der Waals surface area contributed by atoms with Gasteiger partial charge in [0.1, 0.15) is 5.75 Å². The molecule has 0 heterocycles. The fraction of sp³-hybridized carbons (Fsp3) is 0.500. The summed E-state index contributed by atoms with van der Waals surface area (Å²) in [7, 11) is 0. The Labute approximate surface area is 120 Å². The summed E-state index contributed by atoms with van der Waals surface area (Å²) in [6.07, 6.45) is 0.0894. The molecule has 0 amide bonds. The van der Waals surface area contributed by atoms with Gasteiger partial charge in [-0.3, -0.25) is 0 Å². The van der Waals surface area contributed by atoms with Crippen LogP contribution in [-0.2, 0) is 0 Å². The lowest BCUT2D eigenvalue weighted by Crippen LogP contribution is -2.30. The number of hydrogen-bond acceptors (Lipinski definition) is 4. The molecule has 1 aromatic carbocycles. The van der Waals surface area contributed by atoms with Crippen LogP contribution in [0.3, 0.4) is 0 Å². The van der Waals surface area contributed by atoms with Gasteiger partial charge in [0.25, 0.3) is 0 Å². The molecule has 0 radical (unpaired) electrons. The van der Waals surface area contributed by atoms with Crippen LogP contribution in [0.25, 0.3) is 0 Å². The Morgan fingerprint density at radius 3 is 2.94 bits per heavy atom. The minimum absolute atomic E-state index is 0.225. The average molecular weight is 339 g/mol. The fourth-order valence-corrected chi connectivity index (χ4v) is 1.84. The molecule has 0 unspecified atom stereocenters. The molecule has 0 aliphatic rings. The van der Waals surface area contributed by atoms with Gasteiger partial charge in [0.05, 0.1) is 24.3 Å². The van der Waals surface area contributed by atoms with Crippen LogP contribution in [0.5, 0.6) is 5.75 Å². The Morgan fingerprint density at radius 2 is 2.22 bits per heavy atom. The highest BCUT2D eigenvalue weighted by Crippen LogP contribution is 2.31. The van der Waals surface area contributed by atoms with E-state index < -0.39 is 6.10 Å². The van der Waals surface area contributed by atoms with Crippen LogP contribution in [-0.4, -0.2) is 42.6 Å². The van der Waals surface area contributed by atoms with Crippen molar-refractivity contribution in [3.8, 4) is 5.75 Å². The van der Waals surface area contributed by atoms with E-state index in [1.54, 1.807) is 0 Å². The van der Waals surface area contributed by atoms with Gasteiger partial charge in [-0.05, 0) is 41.0 Å². The summed E-state index contributed by atoms with van der Waals surface area (Å²) in [5.41, 5.74) is 0. The molecular weight excluding hydrogens is 321 g/mol. The van der Waals surface area contributed by atoms with E-state index in [-0.39, 0.29) is 6.61 Å². The molecule has 6 heteroatoms. The lowest BCUT2D eigenvalue weighted by molar-refractivity contribution is 0.0942. The van der Waals surface area contributed by atoms with Gasteiger partial charge in [0.15, 0.2) is 0 Å². The average Bonchev–Trinajstić information content (AvgIpc) is 2.38. The minimum Gasteiger partial charge on any atom is -0.492 e. The fourth-order valence-electron chi connectivity index (χ4n) is 1.31. The molecule has 0 fully saturated rings. The van der Waals surface area contributed by atoms with Crippen molar-refractivity contribution < 1.29 is 14.9 Å². The highest BCUT2D eigenvalue weighted by molar-refractivity contribution is 9.10. The summed E-state index contributed by atoms with van der Waals surface area (Å²) in [6, 6.07) is 5.53. The second kappa shape index (κ2) is 8.72. The van der Waals surface area contributed by atoms with E-state index in [9.17, 15) is 0 Å². The van der Waals surface area contributed by atoms with Crippen LogP contribution in [0.1, 0.15) is 6.42 Å². The van der Waals surface area contributed by atoms with Gasteiger partial charge in [-0.25, -0.2) is 0 Å². The van der Waals surface area contributed by atoms with E-state index in [1.807, 2.05) is 18.2 Å². The van der Waals surface area contributed by atoms with Crippen molar-refractivity contribution in [3.63, 3.8) is 0 Å². The monoisotopic (exact) mass is 337 g/mol. The van der Waals surface area contributed by atoms with E-state index >= 15 is 0 Å². The number of hydrogen-bond donors (Lipinski definition) is 3. The molecule has 3 N–H and O–H groups in total. The summed E-state index contributed by atoms with van der Waals surface area (Å²) in [6.45, 7) is 1.41. The first-order valence-electron chi connectivity index (χ1n) is 5.71. The SMILES string of the molecule is OC[C@@H](O)CNCCCOc1cccc(Br)c1Cl. The van der Waals surface area contributed by atoms with Crippen LogP contribution < -0.4 is 10.1 Å². The molecule has 0 saturated heterocycles. The van der Waals surface area contributed by atoms with Crippen molar-refractivity contribution in [1.82, 2.24) is 5.32 Å². The Morgan fingerprint density at radius 1 is 1.44 bits per heavy atom. The van der Waals surface area contributed by atoms with Gasteiger partial charge in [-0.2, -0.15) is 0 Å². The molecule has 0 bridgehead atoms. The number of ether oxygens (including phenoxy) is 1. The number of halogens is 2. The third-order valence-corrected chi connectivity index (χ3v) is 3.54. The molecule has 0 aromatic heterocycles. The predicted molar refractivity (Wildman–Crippen MR) is 75.2 cm³/mol. The van der Waals surface area contributed by atoms with E-state index in [1.165, 1.54) is 0 Å². The van der Waals surface area contributed by atoms with Gasteiger partial charge < -0.3 is 20.3 Å². The third kappa shape index (κ3) is 5.54. The summed E-state index contributed by atoms with van der Waals surface area (Å²) in [4.78, 5) is 0. The Hall–Kier alpha value is -0.330. The minimum atomic E-state index is -0.703. The second-order valence-corrected chi connectivity index (χ2v) is 5.03. The zero-order chi connectivity index (χ0) is 13.4. The molecule has 1 aromatic rings. The summed E-state index contributed by atoms with van der Waals surface area (Å²) < 4.78 is 6.35. The molecule has 0 aliphatic heterocycles. The first kappa shape index (κ1) is 15.7. The van der Waals surface area contributed by atoms with Crippen LogP contribution in [0.4, 0.5) is 0 Å². The maximum Gasteiger partial charge on any atom is 0.139 e. The summed E-state index contributed by atoms with van der Waals surface area (Å²) in [5, 5.41) is 21.3. The lowest BCUT2D eigenvalue weighted by atomic mass is 10.3. The van der Waals surface area contributed by atoms with E-state index in [0.717, 1.165) is 10.9 Å². The molecule has 1 atom stereocenters. The normalized spacial score (nSPS) is 12.4. The molecule has 0 saturated carbocycles. The first-order chi connectivity index (χ1) is 8.65. The lowest BCUT2D eigenvalue weighted by Gasteiger charge is -2.10. The van der Waals surface area contributed by atoms with Crippen LogP contribution in [0.2, 0.25) is 5.02 Å². The van der Waals surface area contributed by atoms with Crippen molar-refractivity contribution in [2.75, 3.05) is 26.3 Å². The van der Waals surface area contributed by atoms with Crippen LogP contribution >= 0.6 is 27.5 Å². The van der Waals surface area contributed by atoms with E-state index in [2.05, 4.69) is 21.2 Å².